The zero-order valence-corrected chi connectivity index (χ0v) is 8.14. The summed E-state index contributed by atoms with van der Waals surface area (Å²) in [4.78, 5) is 4.32. The number of furan rings is 1. The van der Waals surface area contributed by atoms with Crippen LogP contribution < -0.4 is 10.8 Å². The first-order valence-corrected chi connectivity index (χ1v) is 4.71. The van der Waals surface area contributed by atoms with Crippen molar-refractivity contribution in [2.75, 3.05) is 0 Å². The summed E-state index contributed by atoms with van der Waals surface area (Å²) >= 11 is 0. The molecular formula is C12H6N2O2. The lowest BCUT2D eigenvalue weighted by molar-refractivity contribution is 0.323. The summed E-state index contributed by atoms with van der Waals surface area (Å²) in [7, 11) is 0. The number of hydrogen-bond donors (Lipinski definition) is 1. The maximum absolute atomic E-state index is 9.67. The minimum absolute atomic E-state index is 0.190. The van der Waals surface area contributed by atoms with Crippen LogP contribution in [0.25, 0.3) is 17.2 Å². The Labute approximate surface area is 90.4 Å². The third kappa shape index (κ3) is 0.997. The number of aromatic hydroxyl groups is 1. The molecule has 3 rings (SSSR count). The minimum Gasteiger partial charge on any atom is -0.480 e. The monoisotopic (exact) mass is 210 g/mol. The Balaban J connectivity index is 2.46. The van der Waals surface area contributed by atoms with Crippen molar-refractivity contribution >= 4 is 11.8 Å². The molecule has 0 amide bonds. The van der Waals surface area contributed by atoms with Crippen LogP contribution in [0.15, 0.2) is 33.7 Å². The molecule has 1 aromatic carbocycles. The molecule has 0 spiro atoms. The molecule has 0 unspecified atom stereocenters. The van der Waals surface area contributed by atoms with E-state index in [2.05, 4.69) is 4.99 Å². The van der Waals surface area contributed by atoms with Crippen LogP contribution in [0.4, 0.5) is 5.69 Å². The van der Waals surface area contributed by atoms with Gasteiger partial charge in [0, 0.05) is 5.56 Å². The largest absolute Gasteiger partial charge is 0.480 e. The van der Waals surface area contributed by atoms with E-state index in [1.807, 2.05) is 30.3 Å². The number of nitriles is 1. The molecule has 4 nitrogen and oxygen atoms in total. The van der Waals surface area contributed by atoms with E-state index in [1.165, 1.54) is 6.08 Å². The van der Waals surface area contributed by atoms with Gasteiger partial charge in [0.25, 0.3) is 5.95 Å². The minimum atomic E-state index is -0.190. The smallest absolute Gasteiger partial charge is 0.292 e. The molecule has 1 aliphatic heterocycles. The van der Waals surface area contributed by atoms with Gasteiger partial charge in [0.15, 0.2) is 5.42 Å². The summed E-state index contributed by atoms with van der Waals surface area (Å²) in [6.45, 7) is 0. The molecule has 16 heavy (non-hydrogen) atoms. The molecule has 0 fully saturated rings. The summed E-state index contributed by atoms with van der Waals surface area (Å²) < 4.78 is 5.07. The number of hydrogen-bond acceptors (Lipinski definition) is 4. The highest BCUT2D eigenvalue weighted by Gasteiger charge is 2.21. The molecule has 1 aliphatic rings. The van der Waals surface area contributed by atoms with E-state index in [1.54, 1.807) is 0 Å². The summed E-state index contributed by atoms with van der Waals surface area (Å²) in [6, 6.07) is 9.31. The van der Waals surface area contributed by atoms with Gasteiger partial charge >= 0.3 is 0 Å². The van der Waals surface area contributed by atoms with Crippen LogP contribution in [0.2, 0.25) is 0 Å². The molecule has 0 saturated carbocycles. The molecule has 0 bridgehead atoms. The first-order chi connectivity index (χ1) is 7.81. The number of benzene rings is 1. The van der Waals surface area contributed by atoms with Crippen molar-refractivity contribution in [3.8, 4) is 23.1 Å². The van der Waals surface area contributed by atoms with Crippen LogP contribution in [-0.4, -0.2) is 5.11 Å². The third-order valence-electron chi connectivity index (χ3n) is 2.49. The third-order valence-corrected chi connectivity index (χ3v) is 2.49. The second kappa shape index (κ2) is 2.97. The highest BCUT2D eigenvalue weighted by Crippen LogP contribution is 2.36. The Morgan fingerprint density at radius 3 is 3.00 bits per heavy atom. The highest BCUT2D eigenvalue weighted by atomic mass is 16.5. The van der Waals surface area contributed by atoms with E-state index in [0.29, 0.717) is 16.3 Å². The predicted octanol–water partition coefficient (Wildman–Crippen LogP) is 1.22. The quantitative estimate of drug-likeness (QED) is 0.606. The molecule has 0 atom stereocenters. The first-order valence-electron chi connectivity index (χ1n) is 4.71. The Morgan fingerprint density at radius 1 is 1.38 bits per heavy atom. The van der Waals surface area contributed by atoms with E-state index in [-0.39, 0.29) is 5.95 Å². The highest BCUT2D eigenvalue weighted by molar-refractivity contribution is 5.81. The van der Waals surface area contributed by atoms with Gasteiger partial charge in [-0.25, -0.2) is 4.99 Å². The number of rotatable bonds is 0. The fourth-order valence-electron chi connectivity index (χ4n) is 1.84. The zero-order valence-electron chi connectivity index (χ0n) is 8.14. The Morgan fingerprint density at radius 2 is 2.19 bits per heavy atom. The predicted molar refractivity (Wildman–Crippen MR) is 56.3 cm³/mol. The fraction of sp³-hybridized carbons (Fsp3) is 0. The van der Waals surface area contributed by atoms with Crippen molar-refractivity contribution in [2.24, 2.45) is 4.99 Å². The average molecular weight is 210 g/mol. The van der Waals surface area contributed by atoms with E-state index in [4.69, 9.17) is 9.68 Å². The zero-order chi connectivity index (χ0) is 11.1. The average Bonchev–Trinajstić information content (AvgIpc) is 2.79. The normalized spacial score (nSPS) is 12.8. The van der Waals surface area contributed by atoms with Gasteiger partial charge in [-0.3, -0.25) is 0 Å². The molecule has 1 N–H and O–H groups in total. The van der Waals surface area contributed by atoms with Crippen LogP contribution in [0, 0.1) is 11.3 Å². The SMILES string of the molecule is N#C/C=c1\oc(O)c2c1=Nc1ccccc1-2. The lowest BCUT2D eigenvalue weighted by Gasteiger charge is -1.95. The molecular weight excluding hydrogens is 204 g/mol. The van der Waals surface area contributed by atoms with E-state index in [9.17, 15) is 5.11 Å². The second-order valence-corrected chi connectivity index (χ2v) is 3.40. The summed E-state index contributed by atoms with van der Waals surface area (Å²) in [5.41, 5.74) is 2.48. The second-order valence-electron chi connectivity index (χ2n) is 3.40. The summed E-state index contributed by atoms with van der Waals surface area (Å²) in [5, 5.41) is 18.8. The molecule has 1 aromatic heterocycles. The fourth-order valence-corrected chi connectivity index (χ4v) is 1.84. The van der Waals surface area contributed by atoms with Crippen LogP contribution in [0.3, 0.4) is 0 Å². The maximum atomic E-state index is 9.67. The Bertz CT molecular complexity index is 735. The molecule has 0 aliphatic carbocycles. The number of fused-ring (bicyclic) bond motifs is 3. The van der Waals surface area contributed by atoms with Crippen molar-refractivity contribution in [2.45, 2.75) is 0 Å². The Kier molecular flexibility index (Phi) is 1.62. The lowest BCUT2D eigenvalue weighted by Crippen LogP contribution is -2.18. The first kappa shape index (κ1) is 8.74. The van der Waals surface area contributed by atoms with Crippen molar-refractivity contribution in [1.82, 2.24) is 0 Å². The van der Waals surface area contributed by atoms with Gasteiger partial charge in [-0.05, 0) is 6.07 Å². The van der Waals surface area contributed by atoms with Crippen LogP contribution >= 0.6 is 0 Å². The number of para-hydroxylation sites is 1. The Hall–Kier alpha value is -2.54. The van der Waals surface area contributed by atoms with Gasteiger partial charge in [0.05, 0.1) is 23.4 Å². The van der Waals surface area contributed by atoms with E-state index < -0.39 is 0 Å². The molecule has 76 valence electrons. The van der Waals surface area contributed by atoms with Crippen molar-refractivity contribution in [1.29, 1.82) is 5.26 Å². The van der Waals surface area contributed by atoms with Gasteiger partial charge in [0.1, 0.15) is 5.36 Å². The van der Waals surface area contributed by atoms with Crippen molar-refractivity contribution in [3.05, 3.63) is 35.0 Å². The van der Waals surface area contributed by atoms with Gasteiger partial charge in [-0.15, -0.1) is 0 Å². The maximum Gasteiger partial charge on any atom is 0.292 e. The summed E-state index contributed by atoms with van der Waals surface area (Å²) in [5.74, 6) is -0.190. The molecule has 4 heteroatoms. The summed E-state index contributed by atoms with van der Waals surface area (Å²) in [6.07, 6.45) is 1.23. The topological polar surface area (TPSA) is 69.5 Å². The van der Waals surface area contributed by atoms with E-state index in [0.717, 1.165) is 11.3 Å². The van der Waals surface area contributed by atoms with Crippen LogP contribution in [0.1, 0.15) is 0 Å². The van der Waals surface area contributed by atoms with Crippen LogP contribution in [-0.2, 0) is 0 Å². The van der Waals surface area contributed by atoms with Gasteiger partial charge in [-0.2, -0.15) is 5.26 Å². The molecule has 2 heterocycles. The van der Waals surface area contributed by atoms with Gasteiger partial charge in [-0.1, -0.05) is 18.2 Å². The lowest BCUT2D eigenvalue weighted by atomic mass is 10.1. The van der Waals surface area contributed by atoms with Crippen LogP contribution in [0.5, 0.6) is 5.95 Å². The van der Waals surface area contributed by atoms with Crippen molar-refractivity contribution < 1.29 is 9.52 Å². The molecule has 0 radical (unpaired) electrons. The van der Waals surface area contributed by atoms with Gasteiger partial charge in [0.2, 0.25) is 0 Å². The molecule has 2 aromatic rings. The van der Waals surface area contributed by atoms with Gasteiger partial charge < -0.3 is 9.52 Å². The van der Waals surface area contributed by atoms with Crippen molar-refractivity contribution in [3.63, 3.8) is 0 Å². The van der Waals surface area contributed by atoms with E-state index >= 15 is 0 Å². The number of nitrogens with zero attached hydrogens (tertiary/aromatic N) is 2. The molecule has 0 saturated heterocycles. The standard InChI is InChI=1S/C12H6N2O2/c13-6-5-9-11-10(12(15)16-9)7-3-1-2-4-8(7)14-11/h1-5,15H/b9-5-.